The molecule has 0 spiro atoms. The molecule has 1 N–H and O–H groups in total. The minimum absolute atomic E-state index is 0.887. The molecule has 3 fully saturated rings. The molecular weight excluding hydrogens is 244 g/mol. The lowest BCUT2D eigenvalue weighted by Gasteiger charge is -2.41. The number of hydrogen-bond donors (Lipinski definition) is 1. The molecule has 0 amide bonds. The van der Waals surface area contributed by atoms with Gasteiger partial charge in [-0.2, -0.15) is 0 Å². The fourth-order valence-corrected chi connectivity index (χ4v) is 4.47. The Labute approximate surface area is 125 Å². The van der Waals surface area contributed by atoms with Crippen LogP contribution in [0.3, 0.4) is 0 Å². The van der Waals surface area contributed by atoms with Crippen molar-refractivity contribution in [1.29, 1.82) is 0 Å². The largest absolute Gasteiger partial charge is 0.317 e. The van der Waals surface area contributed by atoms with Crippen LogP contribution in [0.2, 0.25) is 0 Å². The van der Waals surface area contributed by atoms with Crippen LogP contribution in [-0.2, 0) is 0 Å². The van der Waals surface area contributed by atoms with Crippen molar-refractivity contribution in [2.24, 2.45) is 17.8 Å². The summed E-state index contributed by atoms with van der Waals surface area (Å²) in [5.41, 5.74) is 0. The normalized spacial score (nSPS) is 33.0. The summed E-state index contributed by atoms with van der Waals surface area (Å²) in [6.07, 6.45) is 11.7. The van der Waals surface area contributed by atoms with Gasteiger partial charge in [0, 0.05) is 18.6 Å². The zero-order valence-corrected chi connectivity index (χ0v) is 13.6. The van der Waals surface area contributed by atoms with Crippen molar-refractivity contribution < 1.29 is 0 Å². The van der Waals surface area contributed by atoms with E-state index in [0.717, 1.165) is 29.8 Å². The molecule has 0 aromatic heterocycles. The van der Waals surface area contributed by atoms with Crippen LogP contribution >= 0.6 is 0 Å². The van der Waals surface area contributed by atoms with Gasteiger partial charge in [0.25, 0.3) is 0 Å². The molecule has 3 aliphatic rings. The van der Waals surface area contributed by atoms with Crippen molar-refractivity contribution in [2.75, 3.05) is 19.6 Å². The first-order chi connectivity index (χ1) is 9.74. The van der Waals surface area contributed by atoms with Crippen LogP contribution in [0.25, 0.3) is 0 Å². The first kappa shape index (κ1) is 14.8. The smallest absolute Gasteiger partial charge is 0.0101 e. The van der Waals surface area contributed by atoms with E-state index in [2.05, 4.69) is 24.1 Å². The Morgan fingerprint density at radius 2 is 1.70 bits per heavy atom. The zero-order valence-electron chi connectivity index (χ0n) is 13.6. The van der Waals surface area contributed by atoms with Crippen LogP contribution in [0.5, 0.6) is 0 Å². The Balaban J connectivity index is 1.58. The molecule has 1 heterocycles. The van der Waals surface area contributed by atoms with E-state index in [9.17, 15) is 0 Å². The van der Waals surface area contributed by atoms with Gasteiger partial charge in [0.2, 0.25) is 0 Å². The molecule has 1 aliphatic heterocycles. The highest BCUT2D eigenvalue weighted by Crippen LogP contribution is 2.38. The van der Waals surface area contributed by atoms with E-state index in [0.29, 0.717) is 0 Å². The third-order valence-corrected chi connectivity index (χ3v) is 6.04. The van der Waals surface area contributed by atoms with E-state index in [1.165, 1.54) is 71.0 Å². The maximum atomic E-state index is 3.52. The maximum Gasteiger partial charge on any atom is 0.0101 e. The Bertz CT molecular complexity index is 292. The van der Waals surface area contributed by atoms with Crippen LogP contribution < -0.4 is 5.32 Å². The average molecular weight is 278 g/mol. The predicted octanol–water partition coefficient (Wildman–Crippen LogP) is 3.67. The van der Waals surface area contributed by atoms with E-state index in [1.807, 2.05) is 0 Å². The van der Waals surface area contributed by atoms with Crippen molar-refractivity contribution in [3.63, 3.8) is 0 Å². The summed E-state index contributed by atoms with van der Waals surface area (Å²) >= 11 is 0. The highest BCUT2D eigenvalue weighted by atomic mass is 15.2. The van der Waals surface area contributed by atoms with Gasteiger partial charge in [-0.05, 0) is 69.4 Å². The summed E-state index contributed by atoms with van der Waals surface area (Å²) in [6.45, 7) is 8.77. The molecule has 2 atom stereocenters. The molecule has 116 valence electrons. The summed E-state index contributed by atoms with van der Waals surface area (Å²) in [5.74, 6) is 2.84. The van der Waals surface area contributed by atoms with Gasteiger partial charge in [-0.15, -0.1) is 0 Å². The maximum absolute atomic E-state index is 3.52. The molecular formula is C18H34N2. The fourth-order valence-electron chi connectivity index (χ4n) is 4.47. The summed E-state index contributed by atoms with van der Waals surface area (Å²) < 4.78 is 0. The molecule has 1 saturated heterocycles. The van der Waals surface area contributed by atoms with Crippen LogP contribution in [0.15, 0.2) is 0 Å². The van der Waals surface area contributed by atoms with E-state index in [4.69, 9.17) is 0 Å². The quantitative estimate of drug-likeness (QED) is 0.825. The summed E-state index contributed by atoms with van der Waals surface area (Å²) in [5, 5.41) is 3.52. The SMILES string of the molecule is CC(C)C1CCCC(N(CC2CCNCC2)C2CC2)C1. The standard InChI is InChI=1S/C18H34N2/c1-14(2)16-4-3-5-18(12-16)20(17-6-7-17)13-15-8-10-19-11-9-15/h14-19H,3-13H2,1-2H3. The lowest BCUT2D eigenvalue weighted by molar-refractivity contribution is 0.0849. The predicted molar refractivity (Wildman–Crippen MR) is 85.9 cm³/mol. The first-order valence-corrected chi connectivity index (χ1v) is 9.20. The number of hydrogen-bond acceptors (Lipinski definition) is 2. The van der Waals surface area contributed by atoms with Gasteiger partial charge >= 0.3 is 0 Å². The van der Waals surface area contributed by atoms with Crippen molar-refractivity contribution in [2.45, 2.75) is 77.3 Å². The van der Waals surface area contributed by atoms with Crippen LogP contribution in [-0.4, -0.2) is 36.6 Å². The minimum Gasteiger partial charge on any atom is -0.317 e. The van der Waals surface area contributed by atoms with Crippen LogP contribution in [0.1, 0.15) is 65.2 Å². The van der Waals surface area contributed by atoms with Gasteiger partial charge in [0.15, 0.2) is 0 Å². The number of rotatable bonds is 5. The van der Waals surface area contributed by atoms with Gasteiger partial charge in [0.05, 0.1) is 0 Å². The van der Waals surface area contributed by atoms with E-state index in [-0.39, 0.29) is 0 Å². The second kappa shape index (κ2) is 6.79. The molecule has 0 aromatic rings. The summed E-state index contributed by atoms with van der Waals surface area (Å²) in [7, 11) is 0. The molecule has 0 bridgehead atoms. The number of nitrogens with one attached hydrogen (secondary N) is 1. The molecule has 2 heteroatoms. The molecule has 0 radical (unpaired) electrons. The molecule has 2 unspecified atom stereocenters. The highest BCUT2D eigenvalue weighted by Gasteiger charge is 2.37. The second-order valence-electron chi connectivity index (χ2n) is 7.95. The van der Waals surface area contributed by atoms with Gasteiger partial charge in [-0.25, -0.2) is 0 Å². The number of nitrogens with zero attached hydrogens (tertiary/aromatic N) is 1. The van der Waals surface area contributed by atoms with Gasteiger partial charge in [-0.3, -0.25) is 4.90 Å². The van der Waals surface area contributed by atoms with Crippen LogP contribution in [0, 0.1) is 17.8 Å². The Hall–Kier alpha value is -0.0800. The minimum atomic E-state index is 0.887. The Kier molecular flexibility index (Phi) is 5.04. The number of piperidine rings is 1. The third kappa shape index (κ3) is 3.76. The van der Waals surface area contributed by atoms with Crippen molar-refractivity contribution in [3.05, 3.63) is 0 Å². The fraction of sp³-hybridized carbons (Fsp3) is 1.00. The van der Waals surface area contributed by atoms with Crippen molar-refractivity contribution in [1.82, 2.24) is 10.2 Å². The van der Waals surface area contributed by atoms with Crippen LogP contribution in [0.4, 0.5) is 0 Å². The molecule has 3 rings (SSSR count). The Morgan fingerprint density at radius 3 is 2.35 bits per heavy atom. The van der Waals surface area contributed by atoms with E-state index >= 15 is 0 Å². The Morgan fingerprint density at radius 1 is 0.950 bits per heavy atom. The molecule has 20 heavy (non-hydrogen) atoms. The topological polar surface area (TPSA) is 15.3 Å². The van der Waals surface area contributed by atoms with Gasteiger partial charge in [0.1, 0.15) is 0 Å². The molecule has 0 aromatic carbocycles. The highest BCUT2D eigenvalue weighted by molar-refractivity contribution is 4.93. The molecule has 2 nitrogen and oxygen atoms in total. The second-order valence-corrected chi connectivity index (χ2v) is 7.95. The van der Waals surface area contributed by atoms with Crippen molar-refractivity contribution >= 4 is 0 Å². The average Bonchev–Trinajstić information content (AvgIpc) is 3.30. The lowest BCUT2D eigenvalue weighted by Crippen LogP contribution is -2.45. The molecule has 2 aliphatic carbocycles. The zero-order chi connectivity index (χ0) is 13.9. The van der Waals surface area contributed by atoms with Crippen molar-refractivity contribution in [3.8, 4) is 0 Å². The van der Waals surface area contributed by atoms with Gasteiger partial charge in [-0.1, -0.05) is 26.7 Å². The van der Waals surface area contributed by atoms with Gasteiger partial charge < -0.3 is 5.32 Å². The molecule has 2 saturated carbocycles. The van der Waals surface area contributed by atoms with E-state index < -0.39 is 0 Å². The lowest BCUT2D eigenvalue weighted by atomic mass is 9.78. The monoisotopic (exact) mass is 278 g/mol. The first-order valence-electron chi connectivity index (χ1n) is 9.20. The van der Waals surface area contributed by atoms with E-state index in [1.54, 1.807) is 0 Å². The third-order valence-electron chi connectivity index (χ3n) is 6.04. The summed E-state index contributed by atoms with van der Waals surface area (Å²) in [6, 6.07) is 1.87. The summed E-state index contributed by atoms with van der Waals surface area (Å²) in [4.78, 5) is 2.96.